The Kier molecular flexibility index (Phi) is 8.95. The van der Waals surface area contributed by atoms with Crippen LogP contribution in [0.15, 0.2) is 47.0 Å². The van der Waals surface area contributed by atoms with Gasteiger partial charge >= 0.3 is 0 Å². The van der Waals surface area contributed by atoms with Gasteiger partial charge in [0.25, 0.3) is 5.91 Å². The second-order valence-electron chi connectivity index (χ2n) is 10.5. The number of aromatic nitrogens is 2. The highest BCUT2D eigenvalue weighted by Crippen LogP contribution is 2.31. The molecule has 2 aromatic carbocycles. The smallest absolute Gasteiger partial charge is 0.253 e. The minimum atomic E-state index is -0.129. The van der Waals surface area contributed by atoms with Gasteiger partial charge in [0.2, 0.25) is 17.6 Å². The average molecular weight is 548 g/mol. The van der Waals surface area contributed by atoms with Gasteiger partial charge in [-0.3, -0.25) is 14.5 Å². The van der Waals surface area contributed by atoms with Crippen molar-refractivity contribution in [3.05, 3.63) is 53.9 Å². The fourth-order valence-electron chi connectivity index (χ4n) is 5.49. The van der Waals surface area contributed by atoms with E-state index in [0.717, 1.165) is 44.3 Å². The number of methoxy groups -OCH3 is 2. The first-order valence-corrected chi connectivity index (χ1v) is 14.0. The van der Waals surface area contributed by atoms with Crippen molar-refractivity contribution in [1.82, 2.24) is 20.4 Å². The molecule has 2 amide bonds. The van der Waals surface area contributed by atoms with Crippen molar-refractivity contribution in [3.63, 3.8) is 0 Å². The number of likely N-dealkylation sites (tertiary alicyclic amines) is 1. The highest BCUT2D eigenvalue weighted by Gasteiger charge is 2.27. The molecule has 1 aliphatic heterocycles. The lowest BCUT2D eigenvalue weighted by Gasteiger charge is -2.30. The molecule has 1 saturated heterocycles. The number of anilines is 1. The molecule has 0 unspecified atom stereocenters. The lowest BCUT2D eigenvalue weighted by molar-refractivity contribution is -0.121. The molecule has 1 aromatic heterocycles. The zero-order valence-electron chi connectivity index (χ0n) is 23.2. The number of ether oxygens (including phenoxy) is 2. The van der Waals surface area contributed by atoms with Crippen LogP contribution < -0.4 is 20.1 Å². The number of rotatable bonds is 9. The molecule has 2 fully saturated rings. The lowest BCUT2D eigenvalue weighted by atomic mass is 9.95. The maximum absolute atomic E-state index is 13.1. The van der Waals surface area contributed by atoms with Gasteiger partial charge in [0, 0.05) is 17.5 Å². The number of amides is 2. The molecule has 10 nitrogen and oxygen atoms in total. The number of hydrogen-bond donors (Lipinski definition) is 2. The van der Waals surface area contributed by atoms with Crippen LogP contribution in [-0.2, 0) is 11.3 Å². The number of carbonyl (C=O) groups excluding carboxylic acids is 2. The van der Waals surface area contributed by atoms with E-state index >= 15 is 0 Å². The van der Waals surface area contributed by atoms with Crippen molar-refractivity contribution in [2.45, 2.75) is 57.5 Å². The van der Waals surface area contributed by atoms with Crippen LogP contribution in [0.2, 0.25) is 0 Å². The van der Waals surface area contributed by atoms with Gasteiger partial charge in [-0.1, -0.05) is 36.6 Å². The quantitative estimate of drug-likeness (QED) is 0.397. The van der Waals surface area contributed by atoms with E-state index in [2.05, 4.69) is 25.7 Å². The third kappa shape index (κ3) is 6.62. The molecule has 10 heteroatoms. The van der Waals surface area contributed by atoms with Crippen molar-refractivity contribution in [3.8, 4) is 22.9 Å². The Morgan fingerprint density at radius 2 is 1.73 bits per heavy atom. The van der Waals surface area contributed by atoms with Crippen molar-refractivity contribution in [2.75, 3.05) is 32.6 Å². The molecule has 0 spiro atoms. The molecule has 40 heavy (non-hydrogen) atoms. The highest BCUT2D eigenvalue weighted by atomic mass is 16.5. The zero-order valence-corrected chi connectivity index (χ0v) is 23.2. The molecule has 5 rings (SSSR count). The monoisotopic (exact) mass is 547 g/mol. The van der Waals surface area contributed by atoms with Gasteiger partial charge < -0.3 is 24.6 Å². The Hall–Kier alpha value is -3.92. The van der Waals surface area contributed by atoms with Crippen molar-refractivity contribution in [1.29, 1.82) is 0 Å². The maximum Gasteiger partial charge on any atom is 0.253 e. The topological polar surface area (TPSA) is 119 Å². The average Bonchev–Trinajstić information content (AvgIpc) is 3.46. The fourth-order valence-corrected chi connectivity index (χ4v) is 5.49. The highest BCUT2D eigenvalue weighted by molar-refractivity contribution is 6.04. The third-order valence-corrected chi connectivity index (χ3v) is 7.80. The number of hydrogen-bond acceptors (Lipinski definition) is 8. The normalized spacial score (nSPS) is 16.9. The number of carbonyl (C=O) groups is 2. The van der Waals surface area contributed by atoms with Gasteiger partial charge in [0.05, 0.1) is 32.0 Å². The van der Waals surface area contributed by atoms with Gasteiger partial charge in [-0.25, -0.2) is 0 Å². The van der Waals surface area contributed by atoms with Crippen LogP contribution >= 0.6 is 0 Å². The van der Waals surface area contributed by atoms with Gasteiger partial charge in [0.15, 0.2) is 11.5 Å². The molecule has 2 aliphatic rings. The molecule has 2 heterocycles. The van der Waals surface area contributed by atoms with Gasteiger partial charge in [-0.2, -0.15) is 4.98 Å². The van der Waals surface area contributed by atoms with Gasteiger partial charge in [0.1, 0.15) is 0 Å². The Bertz CT molecular complexity index is 1310. The summed E-state index contributed by atoms with van der Waals surface area (Å²) < 4.78 is 16.2. The predicted molar refractivity (Wildman–Crippen MR) is 150 cm³/mol. The van der Waals surface area contributed by atoms with Crippen molar-refractivity contribution < 1.29 is 23.6 Å². The van der Waals surface area contributed by atoms with Crippen molar-refractivity contribution in [2.24, 2.45) is 5.92 Å². The molecular formula is C30H37N5O5. The first-order chi connectivity index (χ1) is 19.5. The van der Waals surface area contributed by atoms with Gasteiger partial charge in [-0.05, 0) is 69.1 Å². The minimum absolute atomic E-state index is 0.0499. The summed E-state index contributed by atoms with van der Waals surface area (Å²) in [4.78, 5) is 32.9. The van der Waals surface area contributed by atoms with Crippen LogP contribution in [0.4, 0.5) is 5.69 Å². The summed E-state index contributed by atoms with van der Waals surface area (Å²) in [6, 6.07) is 12.9. The summed E-state index contributed by atoms with van der Waals surface area (Å²) >= 11 is 0. The van der Waals surface area contributed by atoms with E-state index < -0.39 is 0 Å². The molecule has 1 aliphatic carbocycles. The number of piperidine rings is 1. The Labute approximate surface area is 234 Å². The summed E-state index contributed by atoms with van der Waals surface area (Å²) in [6.45, 7) is 1.98. The van der Waals surface area contributed by atoms with Crippen LogP contribution in [0.5, 0.6) is 11.5 Å². The minimum Gasteiger partial charge on any atom is -0.493 e. The first-order valence-electron chi connectivity index (χ1n) is 14.0. The molecule has 212 valence electrons. The molecule has 3 aromatic rings. The summed E-state index contributed by atoms with van der Waals surface area (Å²) in [7, 11) is 3.17. The molecular weight excluding hydrogens is 510 g/mol. The van der Waals surface area contributed by atoms with E-state index in [9.17, 15) is 9.59 Å². The second kappa shape index (κ2) is 13.0. The molecule has 0 bridgehead atoms. The third-order valence-electron chi connectivity index (χ3n) is 7.80. The Morgan fingerprint density at radius 3 is 2.48 bits per heavy atom. The summed E-state index contributed by atoms with van der Waals surface area (Å²) in [6.07, 6.45) is 6.96. The van der Waals surface area contributed by atoms with Crippen LogP contribution in [0, 0.1) is 5.92 Å². The maximum atomic E-state index is 13.1. The largest absolute Gasteiger partial charge is 0.493 e. The Balaban J connectivity index is 1.13. The van der Waals surface area contributed by atoms with Crippen LogP contribution in [-0.4, -0.2) is 60.2 Å². The van der Waals surface area contributed by atoms with Crippen LogP contribution in [0.3, 0.4) is 0 Å². The SMILES string of the molecule is COc1ccc(-c2noc(CN3CCC(C(=O)Nc4ccccc4C(=O)NC4CCCCC4)CC3)n2)cc1OC. The summed E-state index contributed by atoms with van der Waals surface area (Å²) in [5.41, 5.74) is 1.85. The molecule has 0 atom stereocenters. The number of nitrogens with one attached hydrogen (secondary N) is 2. The number of benzene rings is 2. The van der Waals surface area contributed by atoms with E-state index in [-0.39, 0.29) is 23.8 Å². The van der Waals surface area contributed by atoms with Gasteiger partial charge in [-0.15, -0.1) is 0 Å². The first kappa shape index (κ1) is 27.6. The molecule has 1 saturated carbocycles. The predicted octanol–water partition coefficient (Wildman–Crippen LogP) is 4.67. The van der Waals surface area contributed by atoms with E-state index in [4.69, 9.17) is 14.0 Å². The van der Waals surface area contributed by atoms with E-state index in [1.807, 2.05) is 30.3 Å². The lowest BCUT2D eigenvalue weighted by Crippen LogP contribution is -2.38. The Morgan fingerprint density at radius 1 is 0.975 bits per heavy atom. The summed E-state index contributed by atoms with van der Waals surface area (Å²) in [5.74, 6) is 1.93. The number of para-hydroxylation sites is 1. The van der Waals surface area contributed by atoms with E-state index in [1.54, 1.807) is 26.4 Å². The second-order valence-corrected chi connectivity index (χ2v) is 10.5. The molecule has 0 radical (unpaired) electrons. The van der Waals surface area contributed by atoms with E-state index in [1.165, 1.54) is 6.42 Å². The molecule has 2 N–H and O–H groups in total. The fraction of sp³-hybridized carbons (Fsp3) is 0.467. The summed E-state index contributed by atoms with van der Waals surface area (Å²) in [5, 5.41) is 10.3. The van der Waals surface area contributed by atoms with Crippen LogP contribution in [0.25, 0.3) is 11.4 Å². The van der Waals surface area contributed by atoms with Crippen molar-refractivity contribution >= 4 is 17.5 Å². The number of nitrogens with zero attached hydrogens (tertiary/aromatic N) is 3. The zero-order chi connectivity index (χ0) is 27.9. The van der Waals surface area contributed by atoms with Crippen LogP contribution in [0.1, 0.15) is 61.2 Å². The van der Waals surface area contributed by atoms with E-state index in [0.29, 0.717) is 53.9 Å². The standard InChI is InChI=1S/C30H37N5O5/c1-38-25-13-12-21(18-26(25)39-2)28-33-27(40-34-28)19-35-16-14-20(15-17-35)29(36)32-24-11-7-6-10-23(24)30(37)31-22-8-4-3-5-9-22/h6-7,10-13,18,20,22H,3-5,8-9,14-17,19H2,1-2H3,(H,31,37)(H,32,36).